The highest BCUT2D eigenvalue weighted by molar-refractivity contribution is 5.90. The van der Waals surface area contributed by atoms with E-state index in [9.17, 15) is 4.79 Å². The van der Waals surface area contributed by atoms with Gasteiger partial charge in [-0.3, -0.25) is 0 Å². The van der Waals surface area contributed by atoms with Crippen molar-refractivity contribution in [1.82, 2.24) is 4.98 Å². The maximum Gasteiger partial charge on any atom is 0.338 e. The van der Waals surface area contributed by atoms with Crippen LogP contribution in [0.25, 0.3) is 0 Å². The summed E-state index contributed by atoms with van der Waals surface area (Å²) < 4.78 is 10.0. The number of nitrogens with zero attached hydrogens (tertiary/aromatic N) is 1. The highest BCUT2D eigenvalue weighted by Gasteiger charge is 2.12. The van der Waals surface area contributed by atoms with Gasteiger partial charge in [-0.2, -0.15) is 4.98 Å². The molecule has 0 amide bonds. The molecular weight excluding hydrogens is 232 g/mol. The van der Waals surface area contributed by atoms with Crippen molar-refractivity contribution in [3.05, 3.63) is 17.7 Å². The molecule has 0 aliphatic heterocycles. The van der Waals surface area contributed by atoms with Crippen molar-refractivity contribution in [3.63, 3.8) is 0 Å². The van der Waals surface area contributed by atoms with Crippen LogP contribution < -0.4 is 10.1 Å². The Hall–Kier alpha value is -1.78. The Bertz CT molecular complexity index is 407. The van der Waals surface area contributed by atoms with Gasteiger partial charge in [-0.05, 0) is 26.3 Å². The van der Waals surface area contributed by atoms with Crippen molar-refractivity contribution < 1.29 is 14.3 Å². The molecule has 100 valence electrons. The summed E-state index contributed by atoms with van der Waals surface area (Å²) in [6.45, 7) is 6.24. The molecule has 0 aliphatic rings. The summed E-state index contributed by atoms with van der Waals surface area (Å²) in [6.07, 6.45) is 0.966. The van der Waals surface area contributed by atoms with Crippen molar-refractivity contribution in [2.45, 2.75) is 33.2 Å². The molecule has 5 heteroatoms. The fourth-order valence-electron chi connectivity index (χ4n) is 1.37. The zero-order valence-electron chi connectivity index (χ0n) is 11.3. The molecule has 0 fully saturated rings. The third-order valence-corrected chi connectivity index (χ3v) is 2.53. The first-order valence-corrected chi connectivity index (χ1v) is 6.10. The Balaban J connectivity index is 2.97. The minimum atomic E-state index is -0.370. The fraction of sp³-hybridized carbons (Fsp3) is 0.538. The second-order valence-electron chi connectivity index (χ2n) is 3.96. The van der Waals surface area contributed by atoms with Crippen LogP contribution >= 0.6 is 0 Å². The molecule has 0 spiro atoms. The van der Waals surface area contributed by atoms with Crippen LogP contribution in [-0.2, 0) is 4.74 Å². The Labute approximate surface area is 108 Å². The van der Waals surface area contributed by atoms with E-state index in [-0.39, 0.29) is 12.0 Å². The summed E-state index contributed by atoms with van der Waals surface area (Å²) >= 11 is 0. The van der Waals surface area contributed by atoms with Gasteiger partial charge >= 0.3 is 5.97 Å². The van der Waals surface area contributed by atoms with Crippen LogP contribution in [0.2, 0.25) is 0 Å². The summed E-state index contributed by atoms with van der Waals surface area (Å²) in [4.78, 5) is 15.9. The maximum atomic E-state index is 11.7. The largest absolute Gasteiger partial charge is 0.481 e. The van der Waals surface area contributed by atoms with Crippen LogP contribution in [-0.4, -0.2) is 30.7 Å². The Kier molecular flexibility index (Phi) is 5.42. The predicted molar refractivity (Wildman–Crippen MR) is 70.1 cm³/mol. The van der Waals surface area contributed by atoms with Crippen molar-refractivity contribution in [2.24, 2.45) is 0 Å². The first-order chi connectivity index (χ1) is 8.60. The quantitative estimate of drug-likeness (QED) is 0.788. The third kappa shape index (κ3) is 3.91. The number of ether oxygens (including phenoxy) is 2. The number of nitrogens with one attached hydrogen (secondary N) is 1. The SMILES string of the molecule is CCOC(=O)c1cc(N[C@@H](C)CC)nc(OC)c1. The van der Waals surface area contributed by atoms with E-state index in [0.717, 1.165) is 6.42 Å². The molecule has 1 aromatic rings. The zero-order valence-corrected chi connectivity index (χ0v) is 11.3. The molecule has 0 bridgehead atoms. The van der Waals surface area contributed by atoms with Gasteiger partial charge in [0.1, 0.15) is 5.82 Å². The molecule has 0 saturated heterocycles. The fourth-order valence-corrected chi connectivity index (χ4v) is 1.37. The second kappa shape index (κ2) is 6.83. The van der Waals surface area contributed by atoms with E-state index in [4.69, 9.17) is 9.47 Å². The van der Waals surface area contributed by atoms with Gasteiger partial charge in [0.25, 0.3) is 0 Å². The number of pyridine rings is 1. The van der Waals surface area contributed by atoms with E-state index in [2.05, 4.69) is 17.2 Å². The van der Waals surface area contributed by atoms with Gasteiger partial charge in [0.15, 0.2) is 0 Å². The summed E-state index contributed by atoms with van der Waals surface area (Å²) in [5, 5.41) is 3.20. The Morgan fingerprint density at radius 3 is 2.72 bits per heavy atom. The molecular formula is C13H20N2O3. The van der Waals surface area contributed by atoms with Gasteiger partial charge in [-0.1, -0.05) is 6.92 Å². The van der Waals surface area contributed by atoms with E-state index in [1.165, 1.54) is 7.11 Å². The lowest BCUT2D eigenvalue weighted by Gasteiger charge is -2.14. The molecule has 1 atom stereocenters. The lowest BCUT2D eigenvalue weighted by molar-refractivity contribution is 0.0526. The molecule has 0 radical (unpaired) electrons. The van der Waals surface area contributed by atoms with Crippen LogP contribution in [0, 0.1) is 0 Å². The summed E-state index contributed by atoms with van der Waals surface area (Å²) in [7, 11) is 1.52. The highest BCUT2D eigenvalue weighted by atomic mass is 16.5. The number of carbonyl (C=O) groups is 1. The van der Waals surface area contributed by atoms with Gasteiger partial charge < -0.3 is 14.8 Å². The van der Waals surface area contributed by atoms with Crippen LogP contribution in [0.5, 0.6) is 5.88 Å². The molecule has 0 aromatic carbocycles. The number of methoxy groups -OCH3 is 1. The normalized spacial score (nSPS) is 11.8. The number of hydrogen-bond donors (Lipinski definition) is 1. The van der Waals surface area contributed by atoms with Gasteiger partial charge in [0, 0.05) is 12.1 Å². The van der Waals surface area contributed by atoms with Gasteiger partial charge in [0.05, 0.1) is 19.3 Å². The van der Waals surface area contributed by atoms with Crippen LogP contribution in [0.4, 0.5) is 5.82 Å². The van der Waals surface area contributed by atoms with Gasteiger partial charge in [0.2, 0.25) is 5.88 Å². The number of rotatable bonds is 6. The molecule has 18 heavy (non-hydrogen) atoms. The van der Waals surface area contributed by atoms with Crippen LogP contribution in [0.3, 0.4) is 0 Å². The minimum Gasteiger partial charge on any atom is -0.481 e. The van der Waals surface area contributed by atoms with E-state index >= 15 is 0 Å². The lowest BCUT2D eigenvalue weighted by atomic mass is 10.2. The van der Waals surface area contributed by atoms with Crippen molar-refractivity contribution >= 4 is 11.8 Å². The highest BCUT2D eigenvalue weighted by Crippen LogP contribution is 2.18. The number of esters is 1. The van der Waals surface area contributed by atoms with E-state index in [0.29, 0.717) is 23.9 Å². The zero-order chi connectivity index (χ0) is 13.5. The van der Waals surface area contributed by atoms with Crippen LogP contribution in [0.15, 0.2) is 12.1 Å². The minimum absolute atomic E-state index is 0.277. The van der Waals surface area contributed by atoms with Crippen molar-refractivity contribution in [1.29, 1.82) is 0 Å². The van der Waals surface area contributed by atoms with Crippen molar-refractivity contribution in [3.8, 4) is 5.88 Å². The smallest absolute Gasteiger partial charge is 0.338 e. The molecule has 5 nitrogen and oxygen atoms in total. The molecule has 0 aliphatic carbocycles. The molecule has 1 heterocycles. The Morgan fingerprint density at radius 1 is 1.44 bits per heavy atom. The number of hydrogen-bond acceptors (Lipinski definition) is 5. The summed E-state index contributed by atoms with van der Waals surface area (Å²) in [6, 6.07) is 3.52. The number of anilines is 1. The average Bonchev–Trinajstić information content (AvgIpc) is 2.38. The Morgan fingerprint density at radius 2 is 2.17 bits per heavy atom. The number of aromatic nitrogens is 1. The maximum absolute atomic E-state index is 11.7. The molecule has 1 N–H and O–H groups in total. The summed E-state index contributed by atoms with van der Waals surface area (Å²) in [5.41, 5.74) is 0.439. The van der Waals surface area contributed by atoms with Gasteiger partial charge in [-0.15, -0.1) is 0 Å². The lowest BCUT2D eigenvalue weighted by Crippen LogP contribution is -2.15. The molecule has 1 rings (SSSR count). The van der Waals surface area contributed by atoms with E-state index < -0.39 is 0 Å². The standard InChI is InChI=1S/C13H20N2O3/c1-5-9(3)14-11-7-10(13(16)18-6-2)8-12(15-11)17-4/h7-9H,5-6H2,1-4H3,(H,14,15)/t9-/m0/s1. The number of carbonyl (C=O) groups excluding carboxylic acids is 1. The molecule has 0 saturated carbocycles. The van der Waals surface area contributed by atoms with E-state index in [1.54, 1.807) is 19.1 Å². The summed E-state index contributed by atoms with van der Waals surface area (Å²) in [5.74, 6) is 0.642. The topological polar surface area (TPSA) is 60.5 Å². The van der Waals surface area contributed by atoms with Gasteiger partial charge in [-0.25, -0.2) is 4.79 Å². The molecule has 1 aromatic heterocycles. The third-order valence-electron chi connectivity index (χ3n) is 2.53. The monoisotopic (exact) mass is 252 g/mol. The first-order valence-electron chi connectivity index (χ1n) is 6.10. The average molecular weight is 252 g/mol. The first kappa shape index (κ1) is 14.3. The van der Waals surface area contributed by atoms with Crippen molar-refractivity contribution in [2.75, 3.05) is 19.0 Å². The van der Waals surface area contributed by atoms with Crippen LogP contribution in [0.1, 0.15) is 37.6 Å². The van der Waals surface area contributed by atoms with E-state index in [1.807, 2.05) is 6.92 Å². The molecule has 0 unspecified atom stereocenters. The predicted octanol–water partition coefficient (Wildman–Crippen LogP) is 2.48. The second-order valence-corrected chi connectivity index (χ2v) is 3.96.